The van der Waals surface area contributed by atoms with Gasteiger partial charge in [-0.25, -0.2) is 0 Å². The maximum absolute atomic E-state index is 12.8. The summed E-state index contributed by atoms with van der Waals surface area (Å²) in [6, 6.07) is 15.1. The van der Waals surface area contributed by atoms with Crippen LogP contribution in [0.15, 0.2) is 48.5 Å². The average molecular weight is 383 g/mol. The van der Waals surface area contributed by atoms with Gasteiger partial charge in [-0.15, -0.1) is 0 Å². The highest BCUT2D eigenvalue weighted by Gasteiger charge is 2.35. The molecule has 0 fully saturated rings. The number of carbonyl (C=O) groups excluding carboxylic acids is 1. The van der Waals surface area contributed by atoms with Gasteiger partial charge >= 0.3 is 7.12 Å². The Morgan fingerprint density at radius 3 is 2.68 bits per heavy atom. The smallest absolute Gasteiger partial charge is 0.475 e. The second-order valence-electron chi connectivity index (χ2n) is 7.01. The van der Waals surface area contributed by atoms with E-state index in [9.17, 15) is 14.8 Å². The van der Waals surface area contributed by atoms with Crippen molar-refractivity contribution in [3.05, 3.63) is 65.2 Å². The Bertz CT molecular complexity index is 799. The SMILES string of the molecule is CCO[C@@H](C(=O)NC(CC1COc2c(C)cccc21)B(O)O)c1ccccc1. The molecule has 0 saturated heterocycles. The molecule has 3 rings (SSSR count). The van der Waals surface area contributed by atoms with Crippen LogP contribution in [0.1, 0.15) is 42.1 Å². The topological polar surface area (TPSA) is 88.0 Å². The maximum atomic E-state index is 12.8. The van der Waals surface area contributed by atoms with E-state index in [-0.39, 0.29) is 5.92 Å². The molecule has 0 aliphatic carbocycles. The van der Waals surface area contributed by atoms with Crippen LogP contribution in [0.2, 0.25) is 0 Å². The van der Waals surface area contributed by atoms with E-state index in [2.05, 4.69) is 5.32 Å². The first kappa shape index (κ1) is 20.4. The Labute approximate surface area is 165 Å². The molecule has 0 bridgehead atoms. The molecule has 148 valence electrons. The number of rotatable bonds is 8. The Balaban J connectivity index is 1.73. The summed E-state index contributed by atoms with van der Waals surface area (Å²) < 4.78 is 11.4. The van der Waals surface area contributed by atoms with Gasteiger partial charge in [-0.3, -0.25) is 4.79 Å². The second kappa shape index (κ2) is 9.23. The Morgan fingerprint density at radius 2 is 2.00 bits per heavy atom. The first-order chi connectivity index (χ1) is 13.5. The van der Waals surface area contributed by atoms with Crippen molar-refractivity contribution < 1.29 is 24.3 Å². The van der Waals surface area contributed by atoms with Gasteiger partial charge in [0, 0.05) is 18.1 Å². The van der Waals surface area contributed by atoms with Crippen molar-refractivity contribution in [3.63, 3.8) is 0 Å². The molecule has 0 radical (unpaired) electrons. The molecule has 1 amide bonds. The highest BCUT2D eigenvalue weighted by Crippen LogP contribution is 2.38. The summed E-state index contributed by atoms with van der Waals surface area (Å²) in [7, 11) is -1.68. The van der Waals surface area contributed by atoms with Crippen LogP contribution in [0.5, 0.6) is 5.75 Å². The Hall–Kier alpha value is -2.35. The quantitative estimate of drug-likeness (QED) is 0.608. The van der Waals surface area contributed by atoms with Gasteiger partial charge < -0.3 is 24.8 Å². The van der Waals surface area contributed by atoms with Crippen molar-refractivity contribution in [1.29, 1.82) is 0 Å². The largest absolute Gasteiger partial charge is 0.492 e. The number of benzene rings is 2. The predicted molar refractivity (Wildman–Crippen MR) is 107 cm³/mol. The molecule has 1 aliphatic rings. The van der Waals surface area contributed by atoms with E-state index in [1.165, 1.54) is 0 Å². The zero-order valence-corrected chi connectivity index (χ0v) is 16.2. The van der Waals surface area contributed by atoms with Crippen molar-refractivity contribution in [2.45, 2.75) is 38.2 Å². The molecule has 0 saturated carbocycles. The van der Waals surface area contributed by atoms with Crippen molar-refractivity contribution >= 4 is 13.0 Å². The maximum Gasteiger partial charge on any atom is 0.475 e. The van der Waals surface area contributed by atoms with E-state index in [4.69, 9.17) is 9.47 Å². The van der Waals surface area contributed by atoms with Crippen molar-refractivity contribution in [2.75, 3.05) is 13.2 Å². The number of carbonyl (C=O) groups is 1. The molecule has 2 aromatic rings. The van der Waals surface area contributed by atoms with Crippen LogP contribution in [0.25, 0.3) is 0 Å². The van der Waals surface area contributed by atoms with E-state index in [0.29, 0.717) is 19.6 Å². The average Bonchev–Trinajstić information content (AvgIpc) is 3.10. The van der Waals surface area contributed by atoms with Crippen LogP contribution in [-0.2, 0) is 9.53 Å². The van der Waals surface area contributed by atoms with Gasteiger partial charge in [0.05, 0.1) is 12.5 Å². The summed E-state index contributed by atoms with van der Waals surface area (Å²) >= 11 is 0. The standard InChI is InChI=1S/C21H26BNO5/c1-3-27-20(15-9-5-4-6-10-15)21(24)23-18(22(25)26)12-16-13-28-19-14(2)8-7-11-17(16)19/h4-11,16,18,20,25-26H,3,12-13H2,1-2H3,(H,23,24)/t16?,18?,20-/m1/s1. The number of aryl methyl sites for hydroxylation is 1. The van der Waals surface area contributed by atoms with Crippen LogP contribution in [0.3, 0.4) is 0 Å². The lowest BCUT2D eigenvalue weighted by Crippen LogP contribution is -2.49. The number of ether oxygens (including phenoxy) is 2. The molecule has 2 aromatic carbocycles. The molecule has 6 nitrogen and oxygen atoms in total. The van der Waals surface area contributed by atoms with E-state index < -0.39 is 25.1 Å². The minimum absolute atomic E-state index is 0.0238. The fourth-order valence-electron chi connectivity index (χ4n) is 3.60. The molecule has 1 heterocycles. The zero-order valence-electron chi connectivity index (χ0n) is 16.2. The fraction of sp³-hybridized carbons (Fsp3) is 0.381. The lowest BCUT2D eigenvalue weighted by Gasteiger charge is -2.24. The normalized spacial score (nSPS) is 17.4. The van der Waals surface area contributed by atoms with E-state index >= 15 is 0 Å². The number of fused-ring (bicyclic) bond motifs is 1. The van der Waals surface area contributed by atoms with Gasteiger partial charge in [-0.2, -0.15) is 0 Å². The highest BCUT2D eigenvalue weighted by atomic mass is 16.5. The molecule has 28 heavy (non-hydrogen) atoms. The van der Waals surface area contributed by atoms with E-state index in [1.807, 2.05) is 62.4 Å². The first-order valence-electron chi connectivity index (χ1n) is 9.56. The summed E-state index contributed by atoms with van der Waals surface area (Å²) in [5, 5.41) is 22.5. The lowest BCUT2D eigenvalue weighted by atomic mass is 9.73. The number of hydrogen-bond acceptors (Lipinski definition) is 5. The summed E-state index contributed by atoms with van der Waals surface area (Å²) in [6.45, 7) is 4.61. The third-order valence-electron chi connectivity index (χ3n) is 5.01. The van der Waals surface area contributed by atoms with Crippen LogP contribution in [0, 0.1) is 6.92 Å². The van der Waals surface area contributed by atoms with E-state index in [1.54, 1.807) is 0 Å². The molecule has 3 atom stereocenters. The number of hydrogen-bond donors (Lipinski definition) is 3. The van der Waals surface area contributed by atoms with Crippen LogP contribution in [0.4, 0.5) is 0 Å². The molecule has 0 aromatic heterocycles. The van der Waals surface area contributed by atoms with Gasteiger partial charge in [-0.05, 0) is 31.4 Å². The molecule has 0 spiro atoms. The van der Waals surface area contributed by atoms with Gasteiger partial charge in [0.25, 0.3) is 5.91 Å². The predicted octanol–water partition coefficient (Wildman–Crippen LogP) is 2.14. The van der Waals surface area contributed by atoms with Gasteiger partial charge in [0.1, 0.15) is 5.75 Å². The third kappa shape index (κ3) is 4.55. The third-order valence-corrected chi connectivity index (χ3v) is 5.01. The van der Waals surface area contributed by atoms with E-state index in [0.717, 1.165) is 22.4 Å². The van der Waals surface area contributed by atoms with Crippen LogP contribution in [-0.4, -0.2) is 42.2 Å². The Morgan fingerprint density at radius 1 is 1.25 bits per heavy atom. The first-order valence-corrected chi connectivity index (χ1v) is 9.56. The number of amides is 1. The molecule has 7 heteroatoms. The molecular formula is C21H26BNO5. The second-order valence-corrected chi connectivity index (χ2v) is 7.01. The van der Waals surface area contributed by atoms with Crippen LogP contribution < -0.4 is 10.1 Å². The van der Waals surface area contributed by atoms with Gasteiger partial charge in [0.2, 0.25) is 0 Å². The molecular weight excluding hydrogens is 357 g/mol. The monoisotopic (exact) mass is 383 g/mol. The lowest BCUT2D eigenvalue weighted by molar-refractivity contribution is -0.133. The van der Waals surface area contributed by atoms with Crippen molar-refractivity contribution in [3.8, 4) is 5.75 Å². The fourth-order valence-corrected chi connectivity index (χ4v) is 3.60. The minimum Gasteiger partial charge on any atom is -0.492 e. The number of nitrogens with one attached hydrogen (secondary N) is 1. The van der Waals surface area contributed by atoms with Gasteiger partial charge in [-0.1, -0.05) is 48.5 Å². The summed E-state index contributed by atoms with van der Waals surface area (Å²) in [5.41, 5.74) is 2.80. The summed E-state index contributed by atoms with van der Waals surface area (Å²) in [6.07, 6.45) is -0.449. The molecule has 1 aliphatic heterocycles. The molecule has 3 N–H and O–H groups in total. The highest BCUT2D eigenvalue weighted by molar-refractivity contribution is 6.43. The summed E-state index contributed by atoms with van der Waals surface area (Å²) in [4.78, 5) is 12.8. The van der Waals surface area contributed by atoms with Gasteiger partial charge in [0.15, 0.2) is 6.10 Å². The summed E-state index contributed by atoms with van der Waals surface area (Å²) in [5.74, 6) is -0.403. The van der Waals surface area contributed by atoms with Crippen molar-refractivity contribution in [2.24, 2.45) is 0 Å². The minimum atomic E-state index is -1.68. The van der Waals surface area contributed by atoms with Crippen molar-refractivity contribution in [1.82, 2.24) is 5.32 Å². The number of para-hydroxylation sites is 1. The Kier molecular flexibility index (Phi) is 6.72. The zero-order chi connectivity index (χ0) is 20.1. The molecule has 2 unspecified atom stereocenters. The van der Waals surface area contributed by atoms with Crippen LogP contribution >= 0.6 is 0 Å².